The molecule has 2 aromatic heterocycles. The molecule has 0 aliphatic rings. The molecule has 0 saturated heterocycles. The van der Waals surface area contributed by atoms with E-state index in [1.165, 1.54) is 22.0 Å². The van der Waals surface area contributed by atoms with Crippen LogP contribution >= 0.6 is 0 Å². The molecule has 0 bridgehead atoms. The van der Waals surface area contributed by atoms with E-state index in [9.17, 15) is 0 Å². The fourth-order valence-electron chi connectivity index (χ4n) is 2.38. The summed E-state index contributed by atoms with van der Waals surface area (Å²) < 4.78 is 0. The third kappa shape index (κ3) is 2.83. The SMILES string of the molecule is c1cncc(C[NH2+]CCc2c[nH]c3ccccc23)c1. The molecule has 0 unspecified atom stereocenters. The molecule has 3 rings (SSSR count). The molecular weight excluding hydrogens is 234 g/mol. The van der Waals surface area contributed by atoms with Crippen LogP contribution in [0.15, 0.2) is 55.0 Å². The van der Waals surface area contributed by atoms with E-state index >= 15 is 0 Å². The lowest BCUT2D eigenvalue weighted by atomic mass is 10.1. The van der Waals surface area contributed by atoms with Crippen molar-refractivity contribution < 1.29 is 5.32 Å². The summed E-state index contributed by atoms with van der Waals surface area (Å²) in [6.45, 7) is 2.09. The van der Waals surface area contributed by atoms with Crippen LogP contribution in [0.1, 0.15) is 11.1 Å². The molecule has 0 spiro atoms. The van der Waals surface area contributed by atoms with Gasteiger partial charge in [0.1, 0.15) is 6.54 Å². The Hall–Kier alpha value is -2.13. The average molecular weight is 252 g/mol. The zero-order chi connectivity index (χ0) is 12.9. The minimum absolute atomic E-state index is 0.996. The Kier molecular flexibility index (Phi) is 3.56. The summed E-state index contributed by atoms with van der Waals surface area (Å²) in [6, 6.07) is 12.6. The number of H-pyrrole nitrogens is 1. The van der Waals surface area contributed by atoms with Crippen LogP contribution in [0.3, 0.4) is 0 Å². The van der Waals surface area contributed by atoms with E-state index < -0.39 is 0 Å². The molecule has 3 nitrogen and oxygen atoms in total. The first kappa shape index (κ1) is 11.9. The molecule has 2 heterocycles. The van der Waals surface area contributed by atoms with Crippen LogP contribution in [0.4, 0.5) is 0 Å². The van der Waals surface area contributed by atoms with E-state index in [0.29, 0.717) is 0 Å². The van der Waals surface area contributed by atoms with Crippen molar-refractivity contribution in [2.75, 3.05) is 6.54 Å². The number of pyridine rings is 1. The largest absolute Gasteiger partial charge is 0.361 e. The first-order chi connectivity index (χ1) is 9.43. The van der Waals surface area contributed by atoms with Gasteiger partial charge in [0.05, 0.1) is 6.54 Å². The van der Waals surface area contributed by atoms with Gasteiger partial charge in [0.2, 0.25) is 0 Å². The number of nitrogens with two attached hydrogens (primary N) is 1. The summed E-state index contributed by atoms with van der Waals surface area (Å²) in [4.78, 5) is 7.45. The number of quaternary nitrogens is 1. The first-order valence-corrected chi connectivity index (χ1v) is 6.69. The predicted molar refractivity (Wildman–Crippen MR) is 76.7 cm³/mol. The number of rotatable bonds is 5. The fraction of sp³-hybridized carbons (Fsp3) is 0.188. The second kappa shape index (κ2) is 5.67. The number of aromatic nitrogens is 2. The Balaban J connectivity index is 1.55. The van der Waals surface area contributed by atoms with Crippen molar-refractivity contribution in [1.29, 1.82) is 0 Å². The van der Waals surface area contributed by atoms with Gasteiger partial charge >= 0.3 is 0 Å². The van der Waals surface area contributed by atoms with E-state index in [0.717, 1.165) is 19.5 Å². The summed E-state index contributed by atoms with van der Waals surface area (Å²) in [5, 5.41) is 3.68. The van der Waals surface area contributed by atoms with Crippen molar-refractivity contribution in [1.82, 2.24) is 9.97 Å². The summed E-state index contributed by atoms with van der Waals surface area (Å²) >= 11 is 0. The van der Waals surface area contributed by atoms with Crippen molar-refractivity contribution in [3.05, 3.63) is 66.1 Å². The van der Waals surface area contributed by atoms with Gasteiger partial charge in [-0.25, -0.2) is 0 Å². The first-order valence-electron chi connectivity index (χ1n) is 6.69. The number of hydrogen-bond acceptors (Lipinski definition) is 1. The Morgan fingerprint density at radius 1 is 1.11 bits per heavy atom. The number of aromatic amines is 1. The number of para-hydroxylation sites is 1. The van der Waals surface area contributed by atoms with Gasteiger partial charge < -0.3 is 10.3 Å². The molecule has 96 valence electrons. The van der Waals surface area contributed by atoms with E-state index in [-0.39, 0.29) is 0 Å². The lowest BCUT2D eigenvalue weighted by Crippen LogP contribution is -2.83. The minimum atomic E-state index is 0.996. The van der Waals surface area contributed by atoms with Crippen LogP contribution in [0, 0.1) is 0 Å². The average Bonchev–Trinajstić information content (AvgIpc) is 2.88. The Morgan fingerprint density at radius 2 is 2.05 bits per heavy atom. The molecule has 0 amide bonds. The maximum absolute atomic E-state index is 4.13. The highest BCUT2D eigenvalue weighted by Crippen LogP contribution is 2.17. The second-order valence-electron chi connectivity index (χ2n) is 4.75. The topological polar surface area (TPSA) is 45.3 Å². The number of hydrogen-bond donors (Lipinski definition) is 2. The summed E-state index contributed by atoms with van der Waals surface area (Å²) in [6.07, 6.45) is 6.96. The summed E-state index contributed by atoms with van der Waals surface area (Å²) in [5.41, 5.74) is 3.91. The summed E-state index contributed by atoms with van der Waals surface area (Å²) in [7, 11) is 0. The smallest absolute Gasteiger partial charge is 0.103 e. The Morgan fingerprint density at radius 3 is 2.95 bits per heavy atom. The van der Waals surface area contributed by atoms with Crippen molar-refractivity contribution in [2.24, 2.45) is 0 Å². The van der Waals surface area contributed by atoms with Crippen LogP contribution < -0.4 is 5.32 Å². The third-order valence-electron chi connectivity index (χ3n) is 3.40. The molecule has 3 heteroatoms. The molecule has 19 heavy (non-hydrogen) atoms. The van der Waals surface area contributed by atoms with Gasteiger partial charge in [-0.2, -0.15) is 0 Å². The van der Waals surface area contributed by atoms with Gasteiger partial charge in [0.15, 0.2) is 0 Å². The van der Waals surface area contributed by atoms with Crippen LogP contribution in [0.5, 0.6) is 0 Å². The highest BCUT2D eigenvalue weighted by molar-refractivity contribution is 5.82. The number of fused-ring (bicyclic) bond motifs is 1. The number of benzene rings is 1. The van der Waals surface area contributed by atoms with Crippen molar-refractivity contribution in [2.45, 2.75) is 13.0 Å². The normalized spacial score (nSPS) is 10.9. The monoisotopic (exact) mass is 252 g/mol. The van der Waals surface area contributed by atoms with E-state index in [1.54, 1.807) is 0 Å². The molecular formula is C16H18N3+. The number of nitrogens with one attached hydrogen (secondary N) is 1. The molecule has 0 atom stereocenters. The Bertz CT molecular complexity index is 643. The number of nitrogens with zero attached hydrogens (tertiary/aromatic N) is 1. The Labute approximate surface area is 112 Å². The van der Waals surface area contributed by atoms with Gasteiger partial charge in [0, 0.05) is 41.5 Å². The molecule has 0 radical (unpaired) electrons. The van der Waals surface area contributed by atoms with Gasteiger partial charge in [-0.15, -0.1) is 0 Å². The molecule has 3 aromatic rings. The minimum Gasteiger partial charge on any atom is -0.361 e. The zero-order valence-electron chi connectivity index (χ0n) is 10.8. The van der Waals surface area contributed by atoms with Crippen LogP contribution in [0.2, 0.25) is 0 Å². The van der Waals surface area contributed by atoms with Crippen LogP contribution in [-0.4, -0.2) is 16.5 Å². The third-order valence-corrected chi connectivity index (χ3v) is 3.40. The molecule has 0 saturated carbocycles. The molecule has 3 N–H and O–H groups in total. The van der Waals surface area contributed by atoms with Gasteiger partial charge in [-0.3, -0.25) is 4.98 Å². The van der Waals surface area contributed by atoms with Gasteiger partial charge in [0.25, 0.3) is 0 Å². The van der Waals surface area contributed by atoms with Crippen LogP contribution in [-0.2, 0) is 13.0 Å². The lowest BCUT2D eigenvalue weighted by molar-refractivity contribution is -0.670. The molecule has 0 fully saturated rings. The zero-order valence-corrected chi connectivity index (χ0v) is 10.8. The van der Waals surface area contributed by atoms with E-state index in [2.05, 4.69) is 51.8 Å². The van der Waals surface area contributed by atoms with Gasteiger partial charge in [-0.1, -0.05) is 24.3 Å². The quantitative estimate of drug-likeness (QED) is 0.669. The van der Waals surface area contributed by atoms with Crippen molar-refractivity contribution >= 4 is 10.9 Å². The lowest BCUT2D eigenvalue weighted by Gasteiger charge is -2.01. The fourth-order valence-corrected chi connectivity index (χ4v) is 2.38. The highest BCUT2D eigenvalue weighted by atomic mass is 14.8. The van der Waals surface area contributed by atoms with E-state index in [1.807, 2.05) is 18.5 Å². The molecule has 0 aliphatic carbocycles. The predicted octanol–water partition coefficient (Wildman–Crippen LogP) is 1.87. The van der Waals surface area contributed by atoms with Crippen LogP contribution in [0.25, 0.3) is 10.9 Å². The second-order valence-corrected chi connectivity index (χ2v) is 4.75. The van der Waals surface area contributed by atoms with Crippen molar-refractivity contribution in [3.63, 3.8) is 0 Å². The standard InChI is InChI=1S/C16H17N3/c1-2-6-16-15(5-1)14(12-19-16)7-9-18-11-13-4-3-8-17-10-13/h1-6,8,10,12,18-19H,7,9,11H2/p+1. The van der Waals surface area contributed by atoms with Crippen molar-refractivity contribution in [3.8, 4) is 0 Å². The maximum atomic E-state index is 4.13. The summed E-state index contributed by atoms with van der Waals surface area (Å²) in [5.74, 6) is 0. The molecule has 0 aliphatic heterocycles. The highest BCUT2D eigenvalue weighted by Gasteiger charge is 2.03. The molecule has 1 aromatic carbocycles. The maximum Gasteiger partial charge on any atom is 0.103 e. The van der Waals surface area contributed by atoms with Gasteiger partial charge in [-0.05, 0) is 17.7 Å². The van der Waals surface area contributed by atoms with E-state index in [4.69, 9.17) is 0 Å².